The first-order chi connectivity index (χ1) is 11.7. The summed E-state index contributed by atoms with van der Waals surface area (Å²) < 4.78 is 6.15. The quantitative estimate of drug-likeness (QED) is 0.862. The van der Waals surface area contributed by atoms with E-state index in [1.165, 1.54) is 5.56 Å². The van der Waals surface area contributed by atoms with E-state index in [4.69, 9.17) is 4.74 Å². The minimum absolute atomic E-state index is 0.0494. The van der Waals surface area contributed by atoms with Crippen LogP contribution in [0.3, 0.4) is 0 Å². The van der Waals surface area contributed by atoms with Gasteiger partial charge < -0.3 is 9.64 Å². The van der Waals surface area contributed by atoms with Crippen LogP contribution in [0.2, 0.25) is 0 Å². The second-order valence-corrected chi connectivity index (χ2v) is 6.99. The Bertz CT molecular complexity index is 715. The van der Waals surface area contributed by atoms with E-state index in [1.807, 2.05) is 48.2 Å². The van der Waals surface area contributed by atoms with Gasteiger partial charge in [-0.05, 0) is 31.7 Å². The van der Waals surface area contributed by atoms with Crippen molar-refractivity contribution in [3.05, 3.63) is 71.8 Å². The number of rotatable bonds is 3. The van der Waals surface area contributed by atoms with E-state index in [1.54, 1.807) is 0 Å². The Morgan fingerprint density at radius 2 is 1.71 bits per heavy atom. The number of piperidine rings is 1. The monoisotopic (exact) mass is 321 g/mol. The summed E-state index contributed by atoms with van der Waals surface area (Å²) in [5.41, 5.74) is 1.65. The molecule has 4 rings (SSSR count). The van der Waals surface area contributed by atoms with Gasteiger partial charge in [0.25, 0.3) is 0 Å². The number of nitrogens with zero attached hydrogens (tertiary/aromatic N) is 1. The molecule has 2 aliphatic heterocycles. The summed E-state index contributed by atoms with van der Waals surface area (Å²) in [6.45, 7) is 2.67. The topological polar surface area (TPSA) is 29.5 Å². The molecule has 0 radical (unpaired) electrons. The molecule has 3 nitrogen and oxygen atoms in total. The molecule has 2 aliphatic rings. The fraction of sp³-hybridized carbons (Fsp3) is 0.381. The molecule has 3 heteroatoms. The van der Waals surface area contributed by atoms with Crippen LogP contribution in [0.25, 0.3) is 0 Å². The van der Waals surface area contributed by atoms with Crippen molar-refractivity contribution in [2.75, 3.05) is 6.61 Å². The van der Waals surface area contributed by atoms with E-state index in [-0.39, 0.29) is 17.9 Å². The first kappa shape index (κ1) is 15.4. The molecule has 124 valence electrons. The fourth-order valence-electron chi connectivity index (χ4n) is 4.13. The number of ether oxygens (including phenoxy) is 1. The molecule has 2 aromatic carbocycles. The summed E-state index contributed by atoms with van der Waals surface area (Å²) >= 11 is 0. The highest BCUT2D eigenvalue weighted by molar-refractivity contribution is 5.81. The summed E-state index contributed by atoms with van der Waals surface area (Å²) in [5, 5.41) is 0. The molecule has 2 saturated heterocycles. The molecule has 0 aromatic heterocycles. The second kappa shape index (κ2) is 6.06. The number of carbonyl (C=O) groups excluding carboxylic acids is 1. The maximum atomic E-state index is 13.2. The van der Waals surface area contributed by atoms with Crippen molar-refractivity contribution in [1.82, 2.24) is 4.90 Å². The number of fused-ring (bicyclic) bond motifs is 1. The van der Waals surface area contributed by atoms with Crippen LogP contribution in [0.5, 0.6) is 0 Å². The molecular formula is C21H23NO2. The number of amides is 1. The van der Waals surface area contributed by atoms with Crippen LogP contribution in [0, 0.1) is 5.92 Å². The molecule has 2 fully saturated rings. The van der Waals surface area contributed by atoms with Crippen LogP contribution in [-0.2, 0) is 21.7 Å². The third-order valence-electron chi connectivity index (χ3n) is 5.45. The summed E-state index contributed by atoms with van der Waals surface area (Å²) in [6, 6.07) is 20.6. The molecule has 1 amide bonds. The van der Waals surface area contributed by atoms with Crippen LogP contribution in [0.15, 0.2) is 60.7 Å². The molecule has 0 bridgehead atoms. The highest BCUT2D eigenvalue weighted by Crippen LogP contribution is 2.43. The van der Waals surface area contributed by atoms with Gasteiger partial charge in [0.05, 0.1) is 12.6 Å². The van der Waals surface area contributed by atoms with Crippen LogP contribution < -0.4 is 0 Å². The van der Waals surface area contributed by atoms with Gasteiger partial charge in [0, 0.05) is 11.5 Å². The van der Waals surface area contributed by atoms with E-state index in [0.717, 1.165) is 24.8 Å². The van der Waals surface area contributed by atoms with Crippen molar-refractivity contribution in [2.45, 2.75) is 38.0 Å². The van der Waals surface area contributed by atoms with Gasteiger partial charge >= 0.3 is 0 Å². The van der Waals surface area contributed by atoms with Crippen LogP contribution in [-0.4, -0.2) is 23.5 Å². The largest absolute Gasteiger partial charge is 0.349 e. The smallest absolute Gasteiger partial charge is 0.228 e. The Kier molecular flexibility index (Phi) is 3.89. The van der Waals surface area contributed by atoms with E-state index < -0.39 is 5.72 Å². The van der Waals surface area contributed by atoms with Gasteiger partial charge in [-0.25, -0.2) is 0 Å². The number of hydrogen-bond acceptors (Lipinski definition) is 2. The Labute approximate surface area is 143 Å². The average Bonchev–Trinajstić information content (AvgIpc) is 2.98. The normalized spacial score (nSPS) is 29.5. The van der Waals surface area contributed by atoms with Crippen molar-refractivity contribution in [2.24, 2.45) is 5.92 Å². The van der Waals surface area contributed by atoms with Gasteiger partial charge in [0.2, 0.25) is 5.91 Å². The molecule has 0 N–H and O–H groups in total. The molecule has 24 heavy (non-hydrogen) atoms. The standard InChI is InChI=1S/C21H23NO2/c1-21(18-10-6-3-7-11-18)22-19(15-24-21)13-12-17(20(22)23)14-16-8-4-2-5-9-16/h2-11,17,19H,12-15H2,1H3/t17-,19+,21-/m1/s1. The molecule has 3 atom stereocenters. The number of carbonyl (C=O) groups is 1. The summed E-state index contributed by atoms with van der Waals surface area (Å²) in [7, 11) is 0. The zero-order valence-electron chi connectivity index (χ0n) is 14.0. The van der Waals surface area contributed by atoms with Crippen molar-refractivity contribution >= 4 is 5.91 Å². The van der Waals surface area contributed by atoms with E-state index in [0.29, 0.717) is 6.61 Å². The predicted molar refractivity (Wildman–Crippen MR) is 93.3 cm³/mol. The number of hydrogen-bond donors (Lipinski definition) is 0. The minimum atomic E-state index is -0.641. The third kappa shape index (κ3) is 2.53. The lowest BCUT2D eigenvalue weighted by Gasteiger charge is -2.42. The lowest BCUT2D eigenvalue weighted by Crippen LogP contribution is -2.53. The summed E-state index contributed by atoms with van der Waals surface area (Å²) in [6.07, 6.45) is 2.78. The SMILES string of the molecule is C[C@]1(c2ccccc2)OC[C@@H]2CC[C@H](Cc3ccccc3)C(=O)N21. The Balaban J connectivity index is 1.61. The maximum absolute atomic E-state index is 13.2. The Hall–Kier alpha value is -2.13. The zero-order chi connectivity index (χ0) is 16.6. The highest BCUT2D eigenvalue weighted by Gasteiger charge is 2.51. The third-order valence-corrected chi connectivity index (χ3v) is 5.45. The van der Waals surface area contributed by atoms with Crippen molar-refractivity contribution in [3.63, 3.8) is 0 Å². The van der Waals surface area contributed by atoms with Gasteiger partial charge in [-0.1, -0.05) is 60.7 Å². The van der Waals surface area contributed by atoms with Crippen LogP contribution in [0.4, 0.5) is 0 Å². The highest BCUT2D eigenvalue weighted by atomic mass is 16.5. The van der Waals surface area contributed by atoms with E-state index >= 15 is 0 Å². The minimum Gasteiger partial charge on any atom is -0.349 e. The molecular weight excluding hydrogens is 298 g/mol. The predicted octanol–water partition coefficient (Wildman–Crippen LogP) is 3.74. The van der Waals surface area contributed by atoms with Crippen LogP contribution in [0.1, 0.15) is 30.9 Å². The maximum Gasteiger partial charge on any atom is 0.228 e. The Morgan fingerprint density at radius 3 is 2.42 bits per heavy atom. The van der Waals surface area contributed by atoms with Gasteiger partial charge in [0.15, 0.2) is 5.72 Å². The average molecular weight is 321 g/mol. The summed E-state index contributed by atoms with van der Waals surface area (Å²) in [5.74, 6) is 0.285. The zero-order valence-corrected chi connectivity index (χ0v) is 14.0. The Morgan fingerprint density at radius 1 is 1.04 bits per heavy atom. The first-order valence-electron chi connectivity index (χ1n) is 8.75. The molecule has 0 aliphatic carbocycles. The fourth-order valence-corrected chi connectivity index (χ4v) is 4.13. The molecule has 0 unspecified atom stereocenters. The lowest BCUT2D eigenvalue weighted by molar-refractivity contribution is -0.158. The van der Waals surface area contributed by atoms with Gasteiger partial charge in [-0.15, -0.1) is 0 Å². The molecule has 2 aromatic rings. The van der Waals surface area contributed by atoms with Crippen molar-refractivity contribution < 1.29 is 9.53 Å². The number of benzene rings is 2. The van der Waals surface area contributed by atoms with E-state index in [9.17, 15) is 4.79 Å². The van der Waals surface area contributed by atoms with Crippen LogP contribution >= 0.6 is 0 Å². The second-order valence-electron chi connectivity index (χ2n) is 6.99. The van der Waals surface area contributed by atoms with Gasteiger partial charge in [0.1, 0.15) is 0 Å². The van der Waals surface area contributed by atoms with Crippen molar-refractivity contribution in [1.29, 1.82) is 0 Å². The van der Waals surface area contributed by atoms with E-state index in [2.05, 4.69) is 24.3 Å². The lowest BCUT2D eigenvalue weighted by atomic mass is 9.86. The molecule has 0 spiro atoms. The van der Waals surface area contributed by atoms with Gasteiger partial charge in [-0.2, -0.15) is 0 Å². The molecule has 2 heterocycles. The van der Waals surface area contributed by atoms with Crippen molar-refractivity contribution in [3.8, 4) is 0 Å². The summed E-state index contributed by atoms with van der Waals surface area (Å²) in [4.78, 5) is 15.3. The van der Waals surface area contributed by atoms with Gasteiger partial charge in [-0.3, -0.25) is 4.79 Å². The first-order valence-corrected chi connectivity index (χ1v) is 8.75. The molecule has 0 saturated carbocycles.